The lowest BCUT2D eigenvalue weighted by molar-refractivity contribution is -0.114. The van der Waals surface area contributed by atoms with Crippen molar-refractivity contribution in [3.05, 3.63) is 23.5 Å². The largest absolute Gasteiger partial charge is 0.372 e. The number of carbonyl (C=O) groups excluding carboxylic acids is 1. The molecular weight excluding hydrogens is 178 g/mol. The highest BCUT2D eigenvalue weighted by atomic mass is 16.1. The van der Waals surface area contributed by atoms with E-state index in [2.05, 4.69) is 16.9 Å². The number of nitrogens with two attached hydrogens (primary N) is 1. The molecule has 0 fully saturated rings. The maximum Gasteiger partial charge on any atom is 0.252 e. The topological polar surface area (TPSA) is 67.5 Å². The smallest absolute Gasteiger partial charge is 0.252 e. The normalized spacial score (nSPS) is 11.4. The van der Waals surface area contributed by atoms with Gasteiger partial charge in [0.1, 0.15) is 5.82 Å². The number of amides is 1. The number of hydrogen-bond donors (Lipinski definition) is 2. The minimum atomic E-state index is -0.521. The molecule has 78 valence electrons. The Kier molecular flexibility index (Phi) is 4.63. The molecule has 4 nitrogen and oxygen atoms in total. The molecule has 0 aliphatic rings. The van der Waals surface area contributed by atoms with E-state index in [1.54, 1.807) is 14.0 Å². The Morgan fingerprint density at radius 2 is 1.86 bits per heavy atom. The average molecular weight is 195 g/mol. The van der Waals surface area contributed by atoms with Gasteiger partial charge in [-0.25, -0.2) is 4.99 Å². The van der Waals surface area contributed by atoms with Crippen molar-refractivity contribution in [3.63, 3.8) is 0 Å². The van der Waals surface area contributed by atoms with E-state index in [1.807, 2.05) is 13.8 Å². The molecule has 0 unspecified atom stereocenters. The summed E-state index contributed by atoms with van der Waals surface area (Å²) in [6, 6.07) is 0. The molecule has 14 heavy (non-hydrogen) atoms. The number of aliphatic imine (C=N–C) groups is 1. The van der Waals surface area contributed by atoms with Gasteiger partial charge in [-0.15, -0.1) is 0 Å². The molecule has 0 aromatic heterocycles. The number of rotatable bonds is 4. The molecule has 0 aliphatic carbocycles. The van der Waals surface area contributed by atoms with Crippen molar-refractivity contribution < 1.29 is 4.79 Å². The molecule has 0 atom stereocenters. The summed E-state index contributed by atoms with van der Waals surface area (Å²) in [6.45, 7) is 9.09. The van der Waals surface area contributed by atoms with E-state index in [0.717, 1.165) is 5.71 Å². The summed E-state index contributed by atoms with van der Waals surface area (Å²) in [4.78, 5) is 15.3. The van der Waals surface area contributed by atoms with Crippen molar-refractivity contribution in [2.75, 3.05) is 7.05 Å². The first kappa shape index (κ1) is 12.4. The monoisotopic (exact) mass is 195 g/mol. The average Bonchev–Trinajstić information content (AvgIpc) is 2.00. The molecule has 0 heterocycles. The van der Waals surface area contributed by atoms with E-state index in [1.165, 1.54) is 0 Å². The first-order valence-corrected chi connectivity index (χ1v) is 4.29. The van der Waals surface area contributed by atoms with Crippen LogP contribution in [0.4, 0.5) is 0 Å². The maximum atomic E-state index is 11.1. The summed E-state index contributed by atoms with van der Waals surface area (Å²) < 4.78 is 0. The minimum Gasteiger partial charge on any atom is -0.372 e. The number of nitrogens with zero attached hydrogens (tertiary/aromatic N) is 1. The third-order valence-corrected chi connectivity index (χ3v) is 1.48. The molecule has 0 rings (SSSR count). The van der Waals surface area contributed by atoms with Gasteiger partial charge in [-0.1, -0.05) is 6.58 Å². The second-order valence-electron chi connectivity index (χ2n) is 3.18. The van der Waals surface area contributed by atoms with Crippen molar-refractivity contribution in [3.8, 4) is 0 Å². The van der Waals surface area contributed by atoms with Gasteiger partial charge in [-0.2, -0.15) is 0 Å². The maximum absolute atomic E-state index is 11.1. The van der Waals surface area contributed by atoms with Crippen LogP contribution in [0.5, 0.6) is 0 Å². The number of nitrogens with one attached hydrogen (secondary N) is 1. The first-order valence-electron chi connectivity index (χ1n) is 4.29. The summed E-state index contributed by atoms with van der Waals surface area (Å²) in [5.74, 6) is -0.0585. The Bertz CT molecular complexity index is 293. The molecule has 3 N–H and O–H groups in total. The Hall–Kier alpha value is -1.58. The molecule has 4 heteroatoms. The van der Waals surface area contributed by atoms with Crippen LogP contribution in [-0.2, 0) is 4.79 Å². The van der Waals surface area contributed by atoms with E-state index < -0.39 is 5.91 Å². The molecule has 0 aliphatic heterocycles. The van der Waals surface area contributed by atoms with Gasteiger partial charge in [0, 0.05) is 12.8 Å². The number of carbonyl (C=O) groups is 1. The van der Waals surface area contributed by atoms with Gasteiger partial charge in [0.05, 0.1) is 5.57 Å². The third-order valence-electron chi connectivity index (χ3n) is 1.48. The van der Waals surface area contributed by atoms with Crippen LogP contribution in [-0.4, -0.2) is 18.7 Å². The fourth-order valence-electron chi connectivity index (χ4n) is 0.990. The van der Waals surface area contributed by atoms with Gasteiger partial charge in [-0.05, 0) is 26.3 Å². The third kappa shape index (κ3) is 3.43. The molecule has 1 amide bonds. The quantitative estimate of drug-likeness (QED) is 0.398. The standard InChI is InChI=1S/C10H17N3O/c1-6(2)8(9(11)14)10(12-5)13-7(3)4/h12H,1H2,2-5H3,(H2,11,14)/b10-8+. The molecule has 0 spiro atoms. The summed E-state index contributed by atoms with van der Waals surface area (Å²) in [5, 5.41) is 2.83. The molecule has 0 saturated heterocycles. The Morgan fingerprint density at radius 3 is 2.07 bits per heavy atom. The van der Waals surface area contributed by atoms with Gasteiger partial charge >= 0.3 is 0 Å². The van der Waals surface area contributed by atoms with E-state index in [-0.39, 0.29) is 0 Å². The molecule has 0 aromatic rings. The van der Waals surface area contributed by atoms with Crippen LogP contribution in [0.15, 0.2) is 28.5 Å². The lowest BCUT2D eigenvalue weighted by atomic mass is 10.1. The van der Waals surface area contributed by atoms with E-state index in [0.29, 0.717) is 17.0 Å². The van der Waals surface area contributed by atoms with Crippen LogP contribution in [0.25, 0.3) is 0 Å². The van der Waals surface area contributed by atoms with Crippen molar-refractivity contribution >= 4 is 11.6 Å². The van der Waals surface area contributed by atoms with Crippen molar-refractivity contribution in [1.82, 2.24) is 5.32 Å². The van der Waals surface area contributed by atoms with Gasteiger partial charge in [-0.3, -0.25) is 4.79 Å². The molecule has 0 radical (unpaired) electrons. The zero-order valence-corrected chi connectivity index (χ0v) is 9.14. The van der Waals surface area contributed by atoms with Gasteiger partial charge in [0.2, 0.25) is 0 Å². The van der Waals surface area contributed by atoms with Crippen LogP contribution in [0.3, 0.4) is 0 Å². The number of hydrogen-bond acceptors (Lipinski definition) is 3. The molecular formula is C10H17N3O. The molecule has 0 saturated carbocycles. The predicted molar refractivity (Wildman–Crippen MR) is 58.9 cm³/mol. The van der Waals surface area contributed by atoms with Crippen LogP contribution >= 0.6 is 0 Å². The molecule has 0 aromatic carbocycles. The van der Waals surface area contributed by atoms with Gasteiger partial charge in [0.15, 0.2) is 0 Å². The van der Waals surface area contributed by atoms with Crippen molar-refractivity contribution in [2.45, 2.75) is 20.8 Å². The highest BCUT2D eigenvalue weighted by molar-refractivity contribution is 5.97. The Morgan fingerprint density at radius 1 is 1.36 bits per heavy atom. The minimum absolute atomic E-state index is 0.341. The predicted octanol–water partition coefficient (Wildman–Crippen LogP) is 0.960. The zero-order chi connectivity index (χ0) is 11.3. The Balaban J connectivity index is 5.43. The van der Waals surface area contributed by atoms with Crippen LogP contribution in [0, 0.1) is 0 Å². The van der Waals surface area contributed by atoms with E-state index in [9.17, 15) is 4.79 Å². The second-order valence-corrected chi connectivity index (χ2v) is 3.18. The van der Waals surface area contributed by atoms with Crippen LogP contribution in [0.2, 0.25) is 0 Å². The SMILES string of the molecule is C=C(C)/C(C(N)=O)=C(\N=C(C)C)NC. The van der Waals surface area contributed by atoms with Crippen molar-refractivity contribution in [1.29, 1.82) is 0 Å². The lowest BCUT2D eigenvalue weighted by Gasteiger charge is -2.08. The summed E-state index contributed by atoms with van der Waals surface area (Å²) >= 11 is 0. The molecule has 0 bridgehead atoms. The zero-order valence-electron chi connectivity index (χ0n) is 9.14. The number of primary amides is 1. The summed E-state index contributed by atoms with van der Waals surface area (Å²) in [5.41, 5.74) is 7.01. The highest BCUT2D eigenvalue weighted by Gasteiger charge is 2.11. The first-order chi connectivity index (χ1) is 6.40. The second kappa shape index (κ2) is 5.21. The van der Waals surface area contributed by atoms with Crippen LogP contribution in [0.1, 0.15) is 20.8 Å². The summed E-state index contributed by atoms with van der Waals surface area (Å²) in [6.07, 6.45) is 0. The lowest BCUT2D eigenvalue weighted by Crippen LogP contribution is -2.21. The van der Waals surface area contributed by atoms with Crippen LogP contribution < -0.4 is 11.1 Å². The van der Waals surface area contributed by atoms with Gasteiger partial charge < -0.3 is 11.1 Å². The fourth-order valence-corrected chi connectivity index (χ4v) is 0.990. The highest BCUT2D eigenvalue weighted by Crippen LogP contribution is 2.11. The van der Waals surface area contributed by atoms with Crippen molar-refractivity contribution in [2.24, 2.45) is 10.7 Å². The summed E-state index contributed by atoms with van der Waals surface area (Å²) in [7, 11) is 1.69. The van der Waals surface area contributed by atoms with E-state index in [4.69, 9.17) is 5.73 Å². The van der Waals surface area contributed by atoms with Gasteiger partial charge in [0.25, 0.3) is 5.91 Å². The fraction of sp³-hybridized carbons (Fsp3) is 0.400. The Labute approximate surface area is 84.6 Å². The van der Waals surface area contributed by atoms with E-state index >= 15 is 0 Å².